The predicted octanol–water partition coefficient (Wildman–Crippen LogP) is 4.56. The molecule has 7 heteroatoms. The topological polar surface area (TPSA) is 46.3 Å². The van der Waals surface area contributed by atoms with Crippen molar-refractivity contribution < 1.29 is 8.78 Å². The Labute approximate surface area is 181 Å². The highest BCUT2D eigenvalue weighted by molar-refractivity contribution is 6.15. The van der Waals surface area contributed by atoms with Crippen molar-refractivity contribution in [3.63, 3.8) is 0 Å². The second-order valence-corrected chi connectivity index (χ2v) is 7.77. The van der Waals surface area contributed by atoms with Crippen LogP contribution in [0.25, 0.3) is 5.69 Å². The van der Waals surface area contributed by atoms with Crippen LogP contribution >= 0.6 is 0 Å². The molecule has 1 aliphatic rings. The number of hydrogen-bond acceptors (Lipinski definition) is 4. The van der Waals surface area contributed by atoms with Crippen LogP contribution in [0.15, 0.2) is 47.5 Å². The third-order valence-electron chi connectivity index (χ3n) is 5.49. The summed E-state index contributed by atoms with van der Waals surface area (Å²) in [5, 5.41) is 8.78. The summed E-state index contributed by atoms with van der Waals surface area (Å²) >= 11 is 0. The van der Waals surface area contributed by atoms with Crippen LogP contribution in [-0.4, -0.2) is 45.0 Å². The number of hydrogen-bond donors (Lipinski definition) is 0. The van der Waals surface area contributed by atoms with Crippen LogP contribution in [0.3, 0.4) is 0 Å². The van der Waals surface area contributed by atoms with Gasteiger partial charge in [-0.15, -0.1) is 10.2 Å². The Hall–Kier alpha value is -2.93. The van der Waals surface area contributed by atoms with Crippen molar-refractivity contribution >= 4 is 5.71 Å². The summed E-state index contributed by atoms with van der Waals surface area (Å²) in [5.41, 5.74) is 2.06. The van der Waals surface area contributed by atoms with Gasteiger partial charge in [0.2, 0.25) is 0 Å². The molecule has 0 N–H and O–H groups in total. The summed E-state index contributed by atoms with van der Waals surface area (Å²) in [6.45, 7) is 7.56. The Kier molecular flexibility index (Phi) is 6.51. The second kappa shape index (κ2) is 9.47. The first-order valence-corrected chi connectivity index (χ1v) is 10.9. The van der Waals surface area contributed by atoms with Crippen molar-refractivity contribution in [3.05, 3.63) is 76.9 Å². The van der Waals surface area contributed by atoms with Gasteiger partial charge in [-0.1, -0.05) is 26.0 Å². The second-order valence-electron chi connectivity index (χ2n) is 7.77. The molecular weight excluding hydrogens is 396 g/mol. The summed E-state index contributed by atoms with van der Waals surface area (Å²) in [6, 6.07) is 11.0. The third-order valence-corrected chi connectivity index (χ3v) is 5.49. The molecule has 0 bridgehead atoms. The molecule has 0 atom stereocenters. The summed E-state index contributed by atoms with van der Waals surface area (Å²) in [5.74, 6) is 0.707. The van der Waals surface area contributed by atoms with E-state index in [4.69, 9.17) is 0 Å². The molecule has 1 aromatic heterocycles. The zero-order valence-corrected chi connectivity index (χ0v) is 18.0. The van der Waals surface area contributed by atoms with Gasteiger partial charge in [0, 0.05) is 24.1 Å². The molecule has 0 amide bonds. The molecule has 0 aliphatic carbocycles. The third kappa shape index (κ3) is 4.42. The van der Waals surface area contributed by atoms with Crippen LogP contribution in [0.2, 0.25) is 0 Å². The van der Waals surface area contributed by atoms with Crippen molar-refractivity contribution in [2.24, 2.45) is 4.99 Å². The lowest BCUT2D eigenvalue weighted by Gasteiger charge is -2.21. The zero-order chi connectivity index (χ0) is 21.8. The summed E-state index contributed by atoms with van der Waals surface area (Å²) in [7, 11) is 0. The summed E-state index contributed by atoms with van der Waals surface area (Å²) in [4.78, 5) is 7.04. The number of halogens is 2. The molecule has 3 aromatic rings. The fraction of sp³-hybridized carbons (Fsp3) is 0.375. The number of nitrogens with zero attached hydrogens (tertiary/aromatic N) is 5. The zero-order valence-electron chi connectivity index (χ0n) is 18.0. The van der Waals surface area contributed by atoms with Gasteiger partial charge in [-0.25, -0.2) is 8.78 Å². The average Bonchev–Trinajstić information content (AvgIpc) is 3.09. The Bertz CT molecular complexity index is 1080. The Morgan fingerprint density at radius 2 is 1.71 bits per heavy atom. The lowest BCUT2D eigenvalue weighted by molar-refractivity contribution is 0.276. The van der Waals surface area contributed by atoms with E-state index in [2.05, 4.69) is 33.9 Å². The van der Waals surface area contributed by atoms with Crippen molar-refractivity contribution in [1.29, 1.82) is 0 Å². The molecule has 0 unspecified atom stereocenters. The highest BCUT2D eigenvalue weighted by atomic mass is 19.1. The first-order valence-electron chi connectivity index (χ1n) is 10.9. The van der Waals surface area contributed by atoms with E-state index in [0.717, 1.165) is 50.4 Å². The number of fused-ring (bicyclic) bond motifs is 3. The van der Waals surface area contributed by atoms with Crippen LogP contribution in [0.1, 0.15) is 49.5 Å². The number of rotatable bonds is 8. The monoisotopic (exact) mass is 423 g/mol. The van der Waals surface area contributed by atoms with Crippen molar-refractivity contribution in [1.82, 2.24) is 19.7 Å². The quantitative estimate of drug-likeness (QED) is 0.534. The van der Waals surface area contributed by atoms with Crippen LogP contribution in [0.4, 0.5) is 8.78 Å². The highest BCUT2D eigenvalue weighted by Crippen LogP contribution is 2.27. The van der Waals surface area contributed by atoms with Gasteiger partial charge < -0.3 is 4.90 Å². The van der Waals surface area contributed by atoms with Crippen LogP contribution in [0.5, 0.6) is 0 Å². The predicted molar refractivity (Wildman–Crippen MR) is 118 cm³/mol. The van der Waals surface area contributed by atoms with E-state index in [1.54, 1.807) is 24.3 Å². The van der Waals surface area contributed by atoms with E-state index in [-0.39, 0.29) is 12.4 Å². The number of aromatic nitrogens is 3. The summed E-state index contributed by atoms with van der Waals surface area (Å²) in [6.07, 6.45) is 2.92. The van der Waals surface area contributed by atoms with Crippen molar-refractivity contribution in [2.45, 2.75) is 39.7 Å². The van der Waals surface area contributed by atoms with Gasteiger partial charge in [-0.3, -0.25) is 9.56 Å². The molecule has 31 heavy (non-hydrogen) atoms. The van der Waals surface area contributed by atoms with Gasteiger partial charge in [0.25, 0.3) is 0 Å². The summed E-state index contributed by atoms with van der Waals surface area (Å²) < 4.78 is 30.8. The maximum atomic E-state index is 14.6. The molecule has 0 spiro atoms. The van der Waals surface area contributed by atoms with Gasteiger partial charge in [0.05, 0.1) is 11.4 Å². The van der Waals surface area contributed by atoms with Gasteiger partial charge >= 0.3 is 0 Å². The molecular formula is C24H27F2N5. The van der Waals surface area contributed by atoms with Crippen LogP contribution in [-0.2, 0) is 13.0 Å². The molecule has 1 aliphatic heterocycles. The van der Waals surface area contributed by atoms with Crippen molar-refractivity contribution in [3.8, 4) is 5.69 Å². The molecule has 4 rings (SSSR count). The first-order chi connectivity index (χ1) is 15.1. The fourth-order valence-electron chi connectivity index (χ4n) is 4.13. The fourth-order valence-corrected chi connectivity index (χ4v) is 4.13. The molecule has 162 valence electrons. The number of benzene rings is 2. The number of aliphatic imine (C=N–C) groups is 1. The van der Waals surface area contributed by atoms with E-state index in [0.29, 0.717) is 22.7 Å². The smallest absolute Gasteiger partial charge is 0.159 e. The molecule has 2 aromatic carbocycles. The largest absolute Gasteiger partial charge is 0.303 e. The van der Waals surface area contributed by atoms with E-state index < -0.39 is 5.82 Å². The van der Waals surface area contributed by atoms with Gasteiger partial charge in [0.1, 0.15) is 24.0 Å². The van der Waals surface area contributed by atoms with Gasteiger partial charge in [-0.05, 0) is 56.3 Å². The first kappa shape index (κ1) is 21.3. The molecule has 0 saturated heterocycles. The lowest BCUT2D eigenvalue weighted by atomic mass is 9.99. The van der Waals surface area contributed by atoms with Crippen LogP contribution < -0.4 is 0 Å². The highest BCUT2D eigenvalue weighted by Gasteiger charge is 2.24. The Balaban J connectivity index is 1.74. The van der Waals surface area contributed by atoms with E-state index in [1.165, 1.54) is 18.2 Å². The molecule has 0 fully saturated rings. The average molecular weight is 424 g/mol. The van der Waals surface area contributed by atoms with Crippen molar-refractivity contribution in [2.75, 3.05) is 19.6 Å². The Morgan fingerprint density at radius 3 is 2.45 bits per heavy atom. The molecule has 2 heterocycles. The van der Waals surface area contributed by atoms with Gasteiger partial charge in [0.15, 0.2) is 5.82 Å². The lowest BCUT2D eigenvalue weighted by Crippen LogP contribution is -2.28. The minimum atomic E-state index is -0.391. The maximum Gasteiger partial charge on any atom is 0.159 e. The van der Waals surface area contributed by atoms with Gasteiger partial charge in [-0.2, -0.15) is 0 Å². The van der Waals surface area contributed by atoms with E-state index in [9.17, 15) is 8.78 Å². The van der Waals surface area contributed by atoms with Crippen LogP contribution in [0, 0.1) is 11.6 Å². The molecule has 5 nitrogen and oxygen atoms in total. The molecule has 0 radical (unpaired) electrons. The van der Waals surface area contributed by atoms with E-state index >= 15 is 0 Å². The molecule has 0 saturated carbocycles. The standard InChI is InChI=1S/C24H27F2N5/c1-3-12-30(13-4-2)14-11-22-28-29-23-16-27-24(18-7-5-6-8-20(18)26)19-15-17(25)9-10-21(19)31(22)23/h5-10,15H,3-4,11-14,16H2,1-2H3. The van der Waals surface area contributed by atoms with E-state index in [1.807, 2.05) is 4.57 Å². The Morgan fingerprint density at radius 1 is 0.935 bits per heavy atom. The minimum Gasteiger partial charge on any atom is -0.303 e. The normalized spacial score (nSPS) is 13.0. The maximum absolute atomic E-state index is 14.6. The minimum absolute atomic E-state index is 0.251. The SMILES string of the molecule is CCCN(CCC)CCc1nnc2n1-c1ccc(F)cc1C(c1ccccc1F)=NC2.